The lowest BCUT2D eigenvalue weighted by molar-refractivity contribution is -0.325. The van der Waals surface area contributed by atoms with Gasteiger partial charge in [-0.2, -0.15) is 0 Å². The fraction of sp³-hybridized carbons (Fsp3) is 0.857. The van der Waals surface area contributed by atoms with Crippen LogP contribution in [0.2, 0.25) is 0 Å². The zero-order valence-corrected chi connectivity index (χ0v) is 31.0. The molecule has 0 radical (unpaired) electrons. The van der Waals surface area contributed by atoms with Crippen LogP contribution < -0.4 is 0 Å². The molecule has 5 fully saturated rings. The summed E-state index contributed by atoms with van der Waals surface area (Å²) < 4.78 is 35.1. The Kier molecular flexibility index (Phi) is 17.1. The lowest BCUT2D eigenvalue weighted by atomic mass is 9.69. The van der Waals surface area contributed by atoms with Gasteiger partial charge in [-0.3, -0.25) is 0 Å². The van der Waals surface area contributed by atoms with Gasteiger partial charge in [0.1, 0.15) is 0 Å². The maximum absolute atomic E-state index is 11.2. The predicted octanol–water partition coefficient (Wildman–Crippen LogP) is 8.96. The molecule has 5 rings (SSSR count). The number of carbonyl (C=O) groups is 2. The van der Waals surface area contributed by atoms with Crippen molar-refractivity contribution in [2.24, 2.45) is 47.3 Å². The van der Waals surface area contributed by atoms with Crippen molar-refractivity contribution in [2.75, 3.05) is 39.6 Å². The minimum absolute atomic E-state index is 0.309. The van der Waals surface area contributed by atoms with Crippen molar-refractivity contribution in [1.29, 1.82) is 0 Å². The highest BCUT2D eigenvalue weighted by Crippen LogP contribution is 2.44. The SMILES string of the molecule is C=CC(=O)OCCC[C@H]1CC[C@H](C2CCC(CO[C@H]3OCCO[C@@H]3OCC3CCC([C@H]4CC[C@H](CCCOC(=O)C=C)CC4)CC3)CC2)CC1. The second-order valence-electron chi connectivity index (χ2n) is 16.3. The molecule has 0 aromatic carbocycles. The van der Waals surface area contributed by atoms with E-state index in [-0.39, 0.29) is 11.9 Å². The monoisotopic (exact) mass is 700 g/mol. The van der Waals surface area contributed by atoms with E-state index in [4.69, 9.17) is 28.4 Å². The van der Waals surface area contributed by atoms with E-state index < -0.39 is 12.6 Å². The molecule has 1 heterocycles. The van der Waals surface area contributed by atoms with E-state index in [1.807, 2.05) is 0 Å². The van der Waals surface area contributed by atoms with E-state index >= 15 is 0 Å². The van der Waals surface area contributed by atoms with E-state index in [1.54, 1.807) is 0 Å². The first-order valence-corrected chi connectivity index (χ1v) is 20.6. The van der Waals surface area contributed by atoms with Gasteiger partial charge >= 0.3 is 11.9 Å². The zero-order valence-electron chi connectivity index (χ0n) is 31.0. The summed E-state index contributed by atoms with van der Waals surface area (Å²) >= 11 is 0. The molecule has 4 saturated carbocycles. The molecule has 0 bridgehead atoms. The van der Waals surface area contributed by atoms with Crippen LogP contribution in [0, 0.1) is 47.3 Å². The summed E-state index contributed by atoms with van der Waals surface area (Å²) in [6, 6.07) is 0. The van der Waals surface area contributed by atoms with Crippen LogP contribution in [0.5, 0.6) is 0 Å². The van der Waals surface area contributed by atoms with Gasteiger partial charge in [0.2, 0.25) is 12.6 Å². The summed E-state index contributed by atoms with van der Waals surface area (Å²) in [6.07, 6.45) is 26.9. The number of esters is 2. The Hall–Kier alpha value is -1.74. The van der Waals surface area contributed by atoms with Crippen molar-refractivity contribution < 1.29 is 38.0 Å². The summed E-state index contributed by atoms with van der Waals surface area (Å²) in [5.74, 6) is 5.64. The van der Waals surface area contributed by atoms with E-state index in [9.17, 15) is 9.59 Å². The molecule has 0 aromatic heterocycles. The van der Waals surface area contributed by atoms with Gasteiger partial charge in [0, 0.05) is 12.2 Å². The molecular weight excluding hydrogens is 632 g/mol. The van der Waals surface area contributed by atoms with E-state index in [0.717, 1.165) is 61.6 Å². The van der Waals surface area contributed by atoms with E-state index in [2.05, 4.69) is 13.2 Å². The second-order valence-corrected chi connectivity index (χ2v) is 16.3. The summed E-state index contributed by atoms with van der Waals surface area (Å²) in [5, 5.41) is 0. The Morgan fingerprint density at radius 1 is 0.500 bits per heavy atom. The summed E-state index contributed by atoms with van der Waals surface area (Å²) in [4.78, 5) is 22.5. The zero-order chi connectivity index (χ0) is 35.0. The summed E-state index contributed by atoms with van der Waals surface area (Å²) in [5.41, 5.74) is 0. The summed E-state index contributed by atoms with van der Waals surface area (Å²) in [7, 11) is 0. The topological polar surface area (TPSA) is 89.5 Å². The molecule has 2 atom stereocenters. The van der Waals surface area contributed by atoms with Crippen LogP contribution in [0.25, 0.3) is 0 Å². The molecule has 0 aromatic rings. The predicted molar refractivity (Wildman–Crippen MR) is 194 cm³/mol. The molecule has 5 aliphatic rings. The lowest BCUT2D eigenvalue weighted by Crippen LogP contribution is -2.43. The van der Waals surface area contributed by atoms with E-state index in [0.29, 0.717) is 38.3 Å². The molecule has 4 aliphatic carbocycles. The summed E-state index contributed by atoms with van der Waals surface area (Å²) in [6.45, 7) is 10.6. The van der Waals surface area contributed by atoms with Crippen molar-refractivity contribution in [3.8, 4) is 0 Å². The standard InChI is InChI=1S/C42H68O8/c1-3-39(43)45-25-5-7-31-9-17-35(18-10-31)37-21-13-33(14-22-37)29-49-41-42(48-28-27-47-41)50-30-34-15-23-38(24-16-34)36-19-11-32(12-20-36)8-6-26-46-40(44)4-2/h3-4,31-38,41-42H,1-2,5-30H2/t31-,32-,33?,34?,35-,36-,37?,38?,41-,42-/m1/s1. The van der Waals surface area contributed by atoms with Crippen LogP contribution in [0.4, 0.5) is 0 Å². The normalized spacial score (nSPS) is 35.1. The number of carbonyl (C=O) groups excluding carboxylic acids is 2. The van der Waals surface area contributed by atoms with Gasteiger partial charge < -0.3 is 28.4 Å². The molecular formula is C42H68O8. The third-order valence-electron chi connectivity index (χ3n) is 13.1. The molecule has 0 N–H and O–H groups in total. The van der Waals surface area contributed by atoms with Crippen LogP contribution >= 0.6 is 0 Å². The fourth-order valence-electron chi connectivity index (χ4n) is 9.96. The first kappa shape index (κ1) is 39.5. The maximum Gasteiger partial charge on any atom is 0.330 e. The highest BCUT2D eigenvalue weighted by Gasteiger charge is 2.35. The molecule has 284 valence electrons. The average Bonchev–Trinajstić information content (AvgIpc) is 3.17. The van der Waals surface area contributed by atoms with Crippen molar-refractivity contribution >= 4 is 11.9 Å². The highest BCUT2D eigenvalue weighted by molar-refractivity contribution is 5.81. The third kappa shape index (κ3) is 13.0. The lowest BCUT2D eigenvalue weighted by Gasteiger charge is -2.39. The van der Waals surface area contributed by atoms with Crippen LogP contribution in [0.1, 0.15) is 128 Å². The van der Waals surface area contributed by atoms with Gasteiger partial charge in [-0.15, -0.1) is 0 Å². The molecule has 1 saturated heterocycles. The van der Waals surface area contributed by atoms with Gasteiger partial charge in [-0.1, -0.05) is 38.8 Å². The number of hydrogen-bond acceptors (Lipinski definition) is 8. The minimum Gasteiger partial charge on any atom is -0.463 e. The minimum atomic E-state index is -0.419. The Morgan fingerprint density at radius 3 is 1.14 bits per heavy atom. The van der Waals surface area contributed by atoms with Gasteiger partial charge in [0.25, 0.3) is 0 Å². The van der Waals surface area contributed by atoms with Crippen LogP contribution in [0.15, 0.2) is 25.3 Å². The van der Waals surface area contributed by atoms with Crippen molar-refractivity contribution in [3.05, 3.63) is 25.3 Å². The molecule has 50 heavy (non-hydrogen) atoms. The van der Waals surface area contributed by atoms with Gasteiger partial charge in [0.15, 0.2) is 0 Å². The van der Waals surface area contributed by atoms with Gasteiger partial charge in [0.05, 0.1) is 39.6 Å². The van der Waals surface area contributed by atoms with Crippen molar-refractivity contribution in [1.82, 2.24) is 0 Å². The molecule has 8 heteroatoms. The number of hydrogen-bond donors (Lipinski definition) is 0. The highest BCUT2D eigenvalue weighted by atomic mass is 16.8. The Bertz CT molecular complexity index is 919. The van der Waals surface area contributed by atoms with Crippen LogP contribution in [-0.2, 0) is 38.0 Å². The number of ether oxygens (including phenoxy) is 6. The van der Waals surface area contributed by atoms with E-state index in [1.165, 1.54) is 128 Å². The average molecular weight is 701 g/mol. The Balaban J connectivity index is 0.903. The first-order chi connectivity index (χ1) is 24.5. The fourth-order valence-corrected chi connectivity index (χ4v) is 9.96. The number of rotatable bonds is 18. The Morgan fingerprint density at radius 2 is 0.820 bits per heavy atom. The molecule has 0 amide bonds. The maximum atomic E-state index is 11.2. The van der Waals surface area contributed by atoms with Gasteiger partial charge in [-0.05, 0) is 150 Å². The van der Waals surface area contributed by atoms with Crippen LogP contribution in [0.3, 0.4) is 0 Å². The second kappa shape index (κ2) is 21.7. The largest absolute Gasteiger partial charge is 0.463 e. The van der Waals surface area contributed by atoms with Gasteiger partial charge in [-0.25, -0.2) is 9.59 Å². The third-order valence-corrected chi connectivity index (χ3v) is 13.1. The molecule has 0 unspecified atom stereocenters. The van der Waals surface area contributed by atoms with Crippen LogP contribution in [-0.4, -0.2) is 64.2 Å². The quantitative estimate of drug-likeness (QED) is 0.0796. The molecule has 0 spiro atoms. The first-order valence-electron chi connectivity index (χ1n) is 20.6. The van der Waals surface area contributed by atoms with Crippen molar-refractivity contribution in [3.63, 3.8) is 0 Å². The van der Waals surface area contributed by atoms with Crippen molar-refractivity contribution in [2.45, 2.75) is 141 Å². The Labute approximate surface area is 302 Å². The smallest absolute Gasteiger partial charge is 0.330 e. The molecule has 1 aliphatic heterocycles. The molecule has 8 nitrogen and oxygen atoms in total.